The van der Waals surface area contributed by atoms with Crippen LogP contribution in [0.25, 0.3) is 44.2 Å². The van der Waals surface area contributed by atoms with Gasteiger partial charge in [-0.1, -0.05) is 58.0 Å². The van der Waals surface area contributed by atoms with Crippen LogP contribution in [-0.2, 0) is 19.1 Å². The van der Waals surface area contributed by atoms with Gasteiger partial charge in [0.1, 0.15) is 17.7 Å². The maximum absolute atomic E-state index is 13.7. The molecular weight excluding hydrogens is 725 g/mol. The number of hydrogen-bond donors (Lipinski definition) is 4. The van der Waals surface area contributed by atoms with Crippen LogP contribution in [0.3, 0.4) is 0 Å². The number of likely N-dealkylation sites (tertiary alicyclic amines) is 2. The zero-order valence-corrected chi connectivity index (χ0v) is 33.4. The third kappa shape index (κ3) is 8.16. The molecule has 4 amide bonds. The molecule has 0 spiro atoms. The Morgan fingerprint density at radius 2 is 1.37 bits per heavy atom. The van der Waals surface area contributed by atoms with Crippen molar-refractivity contribution in [3.05, 3.63) is 72.4 Å². The summed E-state index contributed by atoms with van der Waals surface area (Å²) in [6, 6.07) is 17.8. The Hall–Kier alpha value is -5.92. The second-order valence-electron chi connectivity index (χ2n) is 15.8. The predicted octanol–water partition coefficient (Wildman–Crippen LogP) is 7.11. The van der Waals surface area contributed by atoms with Crippen LogP contribution in [0, 0.1) is 17.8 Å². The van der Waals surface area contributed by atoms with Crippen molar-refractivity contribution in [2.45, 2.75) is 71.5 Å². The fourth-order valence-corrected chi connectivity index (χ4v) is 8.21. The number of nitrogens with one attached hydrogen (secondary N) is 4. The van der Waals surface area contributed by atoms with Gasteiger partial charge in [0.15, 0.2) is 0 Å². The molecule has 4 atom stereocenters. The van der Waals surface area contributed by atoms with Crippen LogP contribution < -0.4 is 10.6 Å². The third-order valence-corrected chi connectivity index (χ3v) is 11.4. The van der Waals surface area contributed by atoms with Crippen LogP contribution in [0.15, 0.2) is 60.8 Å². The van der Waals surface area contributed by atoms with E-state index in [0.717, 1.165) is 81.5 Å². The second kappa shape index (κ2) is 16.7. The molecule has 7 rings (SSSR count). The van der Waals surface area contributed by atoms with E-state index in [1.807, 2.05) is 49.8 Å². The minimum Gasteiger partial charge on any atom is -0.453 e. The first kappa shape index (κ1) is 39.3. The standard InChI is InChI=1S/C43H52N8O6/c1-24(2)31(22-45-42(54)56-5)40(52)50-17-7-9-35(50)38-44-23-34(48-38)30-14-13-26-19-27(11-12-28(26)20-30)29-15-16-32-33(21-29)47-39(46-32)36-10-8-18-51(36)41(53)37(25(3)4)49-43(55)57-6/h11-16,19-21,23-25,31,35-37H,7-10,17-18,22H2,1-6H3,(H,44,48)(H,45,54)(H,46,47)(H,49,55)/t31-,35-,36-,37-/m0/s1. The number of amides is 4. The van der Waals surface area contributed by atoms with Crippen molar-refractivity contribution in [2.75, 3.05) is 33.9 Å². The molecule has 0 unspecified atom stereocenters. The number of carbonyl (C=O) groups excluding carboxylic acids is 4. The fraction of sp³-hybridized carbons (Fsp3) is 0.442. The van der Waals surface area contributed by atoms with Crippen LogP contribution in [0.2, 0.25) is 0 Å². The van der Waals surface area contributed by atoms with Crippen molar-refractivity contribution in [3.8, 4) is 22.4 Å². The van der Waals surface area contributed by atoms with Crippen molar-refractivity contribution < 1.29 is 28.7 Å². The van der Waals surface area contributed by atoms with E-state index < -0.39 is 18.2 Å². The SMILES string of the molecule is COC(=O)NC[C@H](C(=O)N1CCC[C@H]1c1ncc(-c2ccc3cc(-c4ccc5nc([C@@H]6CCCN6C(=O)[C@@H](NC(=O)OC)C(C)C)[nH]c5c4)ccc3c2)[nH]1)C(C)C. The van der Waals surface area contributed by atoms with E-state index in [1.165, 1.54) is 14.2 Å². The number of hydrogen-bond acceptors (Lipinski definition) is 8. The topological polar surface area (TPSA) is 175 Å². The molecule has 5 aromatic rings. The Morgan fingerprint density at radius 1 is 0.754 bits per heavy atom. The molecule has 57 heavy (non-hydrogen) atoms. The van der Waals surface area contributed by atoms with Gasteiger partial charge in [0.2, 0.25) is 11.8 Å². The number of benzene rings is 3. The van der Waals surface area contributed by atoms with E-state index in [1.54, 1.807) is 0 Å². The van der Waals surface area contributed by atoms with Gasteiger partial charge in [0.05, 0.1) is 55.1 Å². The average Bonchev–Trinajstić information content (AvgIpc) is 4.05. The van der Waals surface area contributed by atoms with Gasteiger partial charge < -0.3 is 39.9 Å². The molecule has 2 aliphatic heterocycles. The van der Waals surface area contributed by atoms with Gasteiger partial charge >= 0.3 is 12.2 Å². The summed E-state index contributed by atoms with van der Waals surface area (Å²) in [5.74, 6) is 0.928. The number of fused-ring (bicyclic) bond motifs is 2. The van der Waals surface area contributed by atoms with Gasteiger partial charge in [0, 0.05) is 25.2 Å². The summed E-state index contributed by atoms with van der Waals surface area (Å²) >= 11 is 0. The molecule has 2 saturated heterocycles. The van der Waals surface area contributed by atoms with E-state index in [2.05, 4.69) is 69.1 Å². The lowest BCUT2D eigenvalue weighted by atomic mass is 9.94. The first-order valence-corrected chi connectivity index (χ1v) is 19.8. The molecule has 0 radical (unpaired) electrons. The van der Waals surface area contributed by atoms with Gasteiger partial charge in [-0.25, -0.2) is 19.6 Å². The summed E-state index contributed by atoms with van der Waals surface area (Å²) in [4.78, 5) is 71.4. The Morgan fingerprint density at radius 3 is 2.04 bits per heavy atom. The molecular formula is C43H52N8O6. The van der Waals surface area contributed by atoms with Crippen LogP contribution in [0.4, 0.5) is 9.59 Å². The average molecular weight is 777 g/mol. The maximum Gasteiger partial charge on any atom is 0.407 e. The summed E-state index contributed by atoms with van der Waals surface area (Å²) in [6.45, 7) is 9.24. The predicted molar refractivity (Wildman–Crippen MR) is 217 cm³/mol. The van der Waals surface area contributed by atoms with E-state index in [-0.39, 0.29) is 48.2 Å². The summed E-state index contributed by atoms with van der Waals surface area (Å²) in [5, 5.41) is 7.58. The van der Waals surface area contributed by atoms with Crippen molar-refractivity contribution in [1.82, 2.24) is 40.4 Å². The van der Waals surface area contributed by atoms with Gasteiger partial charge in [-0.05, 0) is 83.7 Å². The molecule has 2 fully saturated rings. The number of H-pyrrole nitrogens is 2. The third-order valence-electron chi connectivity index (χ3n) is 11.4. The van der Waals surface area contributed by atoms with Crippen molar-refractivity contribution in [2.24, 2.45) is 17.8 Å². The zero-order chi connectivity index (χ0) is 40.4. The number of aromatic nitrogens is 4. The van der Waals surface area contributed by atoms with E-state index in [0.29, 0.717) is 13.1 Å². The molecule has 0 aliphatic carbocycles. The molecule has 3 aromatic carbocycles. The smallest absolute Gasteiger partial charge is 0.407 e. The lowest BCUT2D eigenvalue weighted by Gasteiger charge is -2.29. The molecule has 4 heterocycles. The Balaban J connectivity index is 1.06. The van der Waals surface area contributed by atoms with Crippen LogP contribution >= 0.6 is 0 Å². The number of imidazole rings is 2. The van der Waals surface area contributed by atoms with E-state index >= 15 is 0 Å². The summed E-state index contributed by atoms with van der Waals surface area (Å²) in [5.41, 5.74) is 5.70. The van der Waals surface area contributed by atoms with Crippen LogP contribution in [0.5, 0.6) is 0 Å². The van der Waals surface area contributed by atoms with Gasteiger partial charge in [0.25, 0.3) is 0 Å². The van der Waals surface area contributed by atoms with E-state index in [9.17, 15) is 19.2 Å². The quantitative estimate of drug-likeness (QED) is 0.110. The Labute approximate surface area is 332 Å². The molecule has 300 valence electrons. The highest BCUT2D eigenvalue weighted by Crippen LogP contribution is 2.36. The number of rotatable bonds is 11. The van der Waals surface area contributed by atoms with Crippen LogP contribution in [0.1, 0.15) is 77.1 Å². The molecule has 14 nitrogen and oxygen atoms in total. The largest absolute Gasteiger partial charge is 0.453 e. The monoisotopic (exact) mass is 776 g/mol. The van der Waals surface area contributed by atoms with Crippen LogP contribution in [-0.4, -0.2) is 93.6 Å². The number of methoxy groups -OCH3 is 2. The number of alkyl carbamates (subject to hydrolysis) is 2. The minimum absolute atomic E-state index is 0.00839. The highest BCUT2D eigenvalue weighted by Gasteiger charge is 2.38. The van der Waals surface area contributed by atoms with E-state index in [4.69, 9.17) is 19.4 Å². The minimum atomic E-state index is -0.692. The molecule has 14 heteroatoms. The first-order chi connectivity index (χ1) is 27.4. The number of carbonyl (C=O) groups is 4. The lowest BCUT2D eigenvalue weighted by Crippen LogP contribution is -2.51. The highest BCUT2D eigenvalue weighted by molar-refractivity contribution is 5.92. The Bertz CT molecular complexity index is 2280. The molecule has 4 N–H and O–H groups in total. The molecule has 2 aliphatic rings. The molecule has 2 aromatic heterocycles. The van der Waals surface area contributed by atoms with Crippen molar-refractivity contribution in [3.63, 3.8) is 0 Å². The maximum atomic E-state index is 13.7. The number of nitrogens with zero attached hydrogens (tertiary/aromatic N) is 4. The molecule has 0 bridgehead atoms. The van der Waals surface area contributed by atoms with Gasteiger partial charge in [-0.3, -0.25) is 9.59 Å². The van der Waals surface area contributed by atoms with Gasteiger partial charge in [-0.15, -0.1) is 0 Å². The normalized spacial score (nSPS) is 18.0. The number of ether oxygens (including phenoxy) is 2. The summed E-state index contributed by atoms with van der Waals surface area (Å²) < 4.78 is 9.49. The van der Waals surface area contributed by atoms with Gasteiger partial charge in [-0.2, -0.15) is 0 Å². The molecule has 0 saturated carbocycles. The van der Waals surface area contributed by atoms with Crippen molar-refractivity contribution >= 4 is 45.8 Å². The lowest BCUT2D eigenvalue weighted by molar-refractivity contribution is -0.138. The first-order valence-electron chi connectivity index (χ1n) is 19.8. The Kier molecular flexibility index (Phi) is 11.5. The summed E-state index contributed by atoms with van der Waals surface area (Å²) in [7, 11) is 2.61. The fourth-order valence-electron chi connectivity index (χ4n) is 8.21. The number of aromatic amines is 2. The zero-order valence-electron chi connectivity index (χ0n) is 33.4. The second-order valence-corrected chi connectivity index (χ2v) is 15.8. The highest BCUT2D eigenvalue weighted by atomic mass is 16.5. The summed E-state index contributed by atoms with van der Waals surface area (Å²) in [6.07, 6.45) is 3.99. The van der Waals surface area contributed by atoms with Crippen molar-refractivity contribution in [1.29, 1.82) is 0 Å².